The number of amides is 2. The third-order valence-corrected chi connectivity index (χ3v) is 6.41. The van der Waals surface area contributed by atoms with Crippen LogP contribution in [0.4, 0.5) is 4.39 Å². The molecule has 0 bridgehead atoms. The van der Waals surface area contributed by atoms with Crippen molar-refractivity contribution in [2.75, 3.05) is 6.54 Å². The van der Waals surface area contributed by atoms with Crippen molar-refractivity contribution in [3.63, 3.8) is 0 Å². The Morgan fingerprint density at radius 3 is 2.70 bits per heavy atom. The number of carbonyl (C=O) groups excluding carboxylic acids is 2. The predicted molar refractivity (Wildman–Crippen MR) is 114 cm³/mol. The smallest absolute Gasteiger partial charge is 0.254 e. The molecule has 2 amide bonds. The number of thioether (sulfide) groups is 1. The Bertz CT molecular complexity index is 882. The van der Waals surface area contributed by atoms with Gasteiger partial charge in [0.25, 0.3) is 5.91 Å². The molecule has 1 saturated carbocycles. The van der Waals surface area contributed by atoms with Crippen LogP contribution in [0.5, 0.6) is 0 Å². The second-order valence-electron chi connectivity index (χ2n) is 7.55. The highest BCUT2D eigenvalue weighted by molar-refractivity contribution is 8.00. The average molecular weight is 434 g/mol. The molecule has 0 saturated heterocycles. The fraction of sp³-hybridized carbons (Fsp3) is 0.524. The van der Waals surface area contributed by atoms with Crippen LogP contribution in [-0.2, 0) is 18.3 Å². The molecular weight excluding hydrogens is 405 g/mol. The Morgan fingerprint density at radius 1 is 1.23 bits per heavy atom. The molecule has 1 fully saturated rings. The Kier molecular flexibility index (Phi) is 7.84. The zero-order valence-corrected chi connectivity index (χ0v) is 18.2. The van der Waals surface area contributed by atoms with Crippen molar-refractivity contribution >= 4 is 23.6 Å². The van der Waals surface area contributed by atoms with E-state index in [1.54, 1.807) is 12.1 Å². The summed E-state index contributed by atoms with van der Waals surface area (Å²) in [6.07, 6.45) is 6.15. The molecule has 0 spiro atoms. The fourth-order valence-corrected chi connectivity index (χ4v) is 4.31. The third kappa shape index (κ3) is 5.81. The number of nitrogens with one attached hydrogen (secondary N) is 2. The predicted octanol–water partition coefficient (Wildman–Crippen LogP) is 2.86. The molecule has 162 valence electrons. The molecule has 1 aliphatic carbocycles. The number of carbonyl (C=O) groups is 2. The van der Waals surface area contributed by atoms with Crippen LogP contribution in [0, 0.1) is 5.82 Å². The van der Waals surface area contributed by atoms with E-state index in [2.05, 4.69) is 20.8 Å². The molecule has 3 rings (SSSR count). The van der Waals surface area contributed by atoms with Gasteiger partial charge in [0.15, 0.2) is 5.16 Å². The minimum absolute atomic E-state index is 0.0181. The molecule has 1 aliphatic rings. The topological polar surface area (TPSA) is 88.9 Å². The summed E-state index contributed by atoms with van der Waals surface area (Å²) in [6.45, 7) is 2.17. The Hall–Kier alpha value is -2.42. The molecule has 1 aromatic heterocycles. The van der Waals surface area contributed by atoms with Gasteiger partial charge in [0.05, 0.1) is 10.8 Å². The van der Waals surface area contributed by atoms with Crippen molar-refractivity contribution in [3.05, 3.63) is 41.5 Å². The van der Waals surface area contributed by atoms with E-state index in [9.17, 15) is 14.0 Å². The molecule has 7 nitrogen and oxygen atoms in total. The highest BCUT2D eigenvalue weighted by atomic mass is 32.2. The lowest BCUT2D eigenvalue weighted by atomic mass is 9.95. The summed E-state index contributed by atoms with van der Waals surface area (Å²) in [7, 11) is 1.84. The number of hydrogen-bond donors (Lipinski definition) is 2. The number of nitrogens with zero attached hydrogens (tertiary/aromatic N) is 3. The minimum atomic E-state index is -0.548. The summed E-state index contributed by atoms with van der Waals surface area (Å²) >= 11 is 1.37. The zero-order valence-electron chi connectivity index (χ0n) is 17.4. The highest BCUT2D eigenvalue weighted by Crippen LogP contribution is 2.23. The average Bonchev–Trinajstić information content (AvgIpc) is 3.08. The van der Waals surface area contributed by atoms with Crippen molar-refractivity contribution in [2.45, 2.75) is 61.9 Å². The van der Waals surface area contributed by atoms with Gasteiger partial charge in [-0.25, -0.2) is 4.39 Å². The quantitative estimate of drug-likeness (QED) is 0.625. The van der Waals surface area contributed by atoms with Crippen molar-refractivity contribution in [1.29, 1.82) is 0 Å². The zero-order chi connectivity index (χ0) is 21.5. The fourth-order valence-electron chi connectivity index (χ4n) is 3.47. The lowest BCUT2D eigenvalue weighted by Gasteiger charge is -2.24. The van der Waals surface area contributed by atoms with Crippen LogP contribution in [0.15, 0.2) is 29.4 Å². The SMILES string of the molecule is CC(Sc1nnc(CCNC(=O)c2ccccc2F)n1C)C(=O)NC1CCCCC1. The normalized spacial score (nSPS) is 15.6. The maximum atomic E-state index is 13.7. The van der Waals surface area contributed by atoms with Crippen molar-refractivity contribution < 1.29 is 14.0 Å². The summed E-state index contributed by atoms with van der Waals surface area (Å²) in [5, 5.41) is 14.6. The first-order valence-electron chi connectivity index (χ1n) is 10.3. The summed E-state index contributed by atoms with van der Waals surface area (Å²) in [5.74, 6) is -0.300. The Labute approximate surface area is 180 Å². The van der Waals surface area contributed by atoms with Gasteiger partial charge in [-0.15, -0.1) is 10.2 Å². The standard InChI is InChI=1S/C21H28FN5O2S/c1-14(19(28)24-15-8-4-3-5-9-15)30-21-26-25-18(27(21)2)12-13-23-20(29)16-10-6-7-11-17(16)22/h6-7,10-11,14-15H,3-5,8-9,12-13H2,1-2H3,(H,23,29)(H,24,28). The van der Waals surface area contributed by atoms with Crippen molar-refractivity contribution in [1.82, 2.24) is 25.4 Å². The Morgan fingerprint density at radius 2 is 1.97 bits per heavy atom. The van der Waals surface area contributed by atoms with E-state index in [0.29, 0.717) is 23.9 Å². The van der Waals surface area contributed by atoms with Crippen LogP contribution < -0.4 is 10.6 Å². The van der Waals surface area contributed by atoms with Gasteiger partial charge in [-0.05, 0) is 31.9 Å². The molecule has 30 heavy (non-hydrogen) atoms. The molecule has 1 unspecified atom stereocenters. The largest absolute Gasteiger partial charge is 0.352 e. The summed E-state index contributed by atoms with van der Waals surface area (Å²) in [4.78, 5) is 24.6. The van der Waals surface area contributed by atoms with E-state index in [1.807, 2.05) is 18.5 Å². The first-order chi connectivity index (χ1) is 14.5. The van der Waals surface area contributed by atoms with Crippen LogP contribution in [0.1, 0.15) is 55.2 Å². The lowest BCUT2D eigenvalue weighted by molar-refractivity contribution is -0.121. The number of aromatic nitrogens is 3. The van der Waals surface area contributed by atoms with Crippen LogP contribution in [-0.4, -0.2) is 44.4 Å². The van der Waals surface area contributed by atoms with Gasteiger partial charge >= 0.3 is 0 Å². The first kappa shape index (κ1) is 22.3. The van der Waals surface area contributed by atoms with Crippen LogP contribution in [0.2, 0.25) is 0 Å². The Balaban J connectivity index is 1.48. The van der Waals surface area contributed by atoms with E-state index in [1.165, 1.54) is 43.2 Å². The second kappa shape index (κ2) is 10.6. The molecule has 1 aromatic carbocycles. The monoisotopic (exact) mass is 433 g/mol. The molecule has 1 atom stereocenters. The number of hydrogen-bond acceptors (Lipinski definition) is 5. The summed E-state index contributed by atoms with van der Waals surface area (Å²) in [6, 6.07) is 6.15. The maximum absolute atomic E-state index is 13.7. The molecule has 1 heterocycles. The molecular formula is C21H28FN5O2S. The lowest BCUT2D eigenvalue weighted by Crippen LogP contribution is -2.40. The highest BCUT2D eigenvalue weighted by Gasteiger charge is 2.22. The molecule has 0 radical (unpaired) electrons. The van der Waals surface area contributed by atoms with Crippen LogP contribution >= 0.6 is 11.8 Å². The van der Waals surface area contributed by atoms with Crippen molar-refractivity contribution in [2.24, 2.45) is 7.05 Å². The van der Waals surface area contributed by atoms with E-state index in [4.69, 9.17) is 0 Å². The van der Waals surface area contributed by atoms with Gasteiger partial charge in [0.2, 0.25) is 5.91 Å². The molecule has 2 aromatic rings. The second-order valence-corrected chi connectivity index (χ2v) is 8.86. The van der Waals surface area contributed by atoms with Crippen LogP contribution in [0.3, 0.4) is 0 Å². The van der Waals surface area contributed by atoms with E-state index < -0.39 is 11.7 Å². The number of rotatable bonds is 8. The number of halogens is 1. The molecule has 0 aliphatic heterocycles. The van der Waals surface area contributed by atoms with Gasteiger partial charge in [0, 0.05) is 26.1 Å². The summed E-state index contributed by atoms with van der Waals surface area (Å²) < 4.78 is 15.5. The molecule has 9 heteroatoms. The van der Waals surface area contributed by atoms with E-state index >= 15 is 0 Å². The van der Waals surface area contributed by atoms with Gasteiger partial charge in [-0.3, -0.25) is 9.59 Å². The number of benzene rings is 1. The minimum Gasteiger partial charge on any atom is -0.352 e. The maximum Gasteiger partial charge on any atom is 0.254 e. The van der Waals surface area contributed by atoms with Gasteiger partial charge < -0.3 is 15.2 Å². The van der Waals surface area contributed by atoms with Gasteiger partial charge in [0.1, 0.15) is 11.6 Å². The van der Waals surface area contributed by atoms with Gasteiger partial charge in [-0.2, -0.15) is 0 Å². The van der Waals surface area contributed by atoms with E-state index in [0.717, 1.165) is 12.8 Å². The summed E-state index contributed by atoms with van der Waals surface area (Å²) in [5.41, 5.74) is 0.0181. The third-order valence-electron chi connectivity index (χ3n) is 5.28. The molecule has 2 N–H and O–H groups in total. The first-order valence-corrected chi connectivity index (χ1v) is 11.2. The van der Waals surface area contributed by atoms with Crippen LogP contribution in [0.25, 0.3) is 0 Å². The van der Waals surface area contributed by atoms with E-state index in [-0.39, 0.29) is 22.8 Å². The van der Waals surface area contributed by atoms with Gasteiger partial charge in [-0.1, -0.05) is 43.2 Å². The van der Waals surface area contributed by atoms with Crippen molar-refractivity contribution in [3.8, 4) is 0 Å².